The molecule has 80 heavy (non-hydrogen) atoms. The van der Waals surface area contributed by atoms with Crippen molar-refractivity contribution in [2.75, 3.05) is 0 Å². The Kier molecular flexibility index (Phi) is 15.0. The Morgan fingerprint density at radius 3 is 0.338 bits per heavy atom. The van der Waals surface area contributed by atoms with Gasteiger partial charge >= 0.3 is 480 Å². The van der Waals surface area contributed by atoms with Gasteiger partial charge in [0.25, 0.3) is 0 Å². The molecular weight excluding hydrogens is 1330 g/mol. The van der Waals surface area contributed by atoms with Crippen LogP contribution in [0.4, 0.5) is 0 Å². The molecule has 0 heterocycles. The average Bonchev–Trinajstić information content (AvgIpc) is 3.72. The van der Waals surface area contributed by atoms with Gasteiger partial charge < -0.3 is 0 Å². The average molecular weight is 1390 g/mol. The first-order valence-electron chi connectivity index (χ1n) is 26.9. The Morgan fingerprint density at radius 2 is 0.250 bits per heavy atom. The third-order valence-electron chi connectivity index (χ3n) is 15.8. The standard InChI is InChI=1S/12C6H5.H3O4P.3Sb/c12*1-2-4-6-5-3-1;1-5(2,3)4;;;/h12*1-5H;(H3,1,2,3,4);;;/q;;;;;;;;;;;;;3*+1/p-3. The van der Waals surface area contributed by atoms with E-state index in [0.717, 1.165) is 42.1 Å². The van der Waals surface area contributed by atoms with Crippen molar-refractivity contribution in [2.24, 2.45) is 0 Å². The molecule has 0 fully saturated rings. The predicted octanol–water partition coefficient (Wildman–Crippen LogP) is 9.73. The molecule has 12 aromatic carbocycles. The summed E-state index contributed by atoms with van der Waals surface area (Å²) in [6.45, 7) is 0. The van der Waals surface area contributed by atoms with Crippen LogP contribution in [0.15, 0.2) is 364 Å². The van der Waals surface area contributed by atoms with Crippen LogP contribution in [0.1, 0.15) is 0 Å². The molecule has 12 rings (SSSR count). The van der Waals surface area contributed by atoms with Crippen molar-refractivity contribution in [1.82, 2.24) is 0 Å². The quantitative estimate of drug-likeness (QED) is 0.0635. The predicted molar refractivity (Wildman–Crippen MR) is 341 cm³/mol. The normalized spacial score (nSPS) is 14.1. The third kappa shape index (κ3) is 8.25. The molecule has 8 heteroatoms. The van der Waals surface area contributed by atoms with E-state index in [1.54, 1.807) is 0 Å². The van der Waals surface area contributed by atoms with Gasteiger partial charge in [0.1, 0.15) is 0 Å². The SMILES string of the molecule is O=P([O][Sb]([c]1ccccc1)([c]1ccccc1)([c]1ccccc1)[c]1ccccc1)([O][Sb]([c]1ccccc1)([c]1ccccc1)([c]1ccccc1)[c]1ccccc1)[O][Sb]([c]1ccccc1)([c]1ccccc1)([c]1ccccc1)[c]1ccccc1. The van der Waals surface area contributed by atoms with Crippen LogP contribution in [0.3, 0.4) is 0 Å². The molecule has 0 aliphatic carbocycles. The number of hydrogen-bond acceptors (Lipinski definition) is 4. The molecule has 0 N–H and O–H groups in total. The van der Waals surface area contributed by atoms with E-state index in [0.29, 0.717) is 0 Å². The second-order valence-corrected chi connectivity index (χ2v) is 60.8. The van der Waals surface area contributed by atoms with Crippen molar-refractivity contribution < 1.29 is 13.0 Å². The second-order valence-electron chi connectivity index (χ2n) is 19.8. The summed E-state index contributed by atoms with van der Waals surface area (Å²) in [5.41, 5.74) is 0. The first-order chi connectivity index (χ1) is 39.4. The molecule has 0 spiro atoms. The number of benzene rings is 12. The molecule has 0 bridgehead atoms. The van der Waals surface area contributed by atoms with E-state index >= 15 is 4.57 Å². The Morgan fingerprint density at radius 1 is 0.163 bits per heavy atom. The fourth-order valence-corrected chi connectivity index (χ4v) is 81.4. The van der Waals surface area contributed by atoms with E-state index in [1.807, 2.05) is 72.8 Å². The molecule has 0 saturated heterocycles. The zero-order valence-electron chi connectivity index (χ0n) is 44.1. The molecule has 0 atom stereocenters. The molecule has 4 nitrogen and oxygen atoms in total. The summed E-state index contributed by atoms with van der Waals surface area (Å²) in [6, 6.07) is 126. The Hall–Kier alpha value is -6.80. The number of rotatable bonds is 18. The van der Waals surface area contributed by atoms with Crippen LogP contribution in [0, 0.1) is 0 Å². The van der Waals surface area contributed by atoms with E-state index in [-0.39, 0.29) is 0 Å². The number of hydrogen-bond donors (Lipinski definition) is 0. The maximum absolute atomic E-state index is 20.2. The van der Waals surface area contributed by atoms with Crippen LogP contribution in [0.2, 0.25) is 0 Å². The van der Waals surface area contributed by atoms with Crippen molar-refractivity contribution in [2.45, 2.75) is 0 Å². The van der Waals surface area contributed by atoms with Gasteiger partial charge in [-0.3, -0.25) is 0 Å². The summed E-state index contributed by atoms with van der Waals surface area (Å²) in [4.78, 5) is 0. The van der Waals surface area contributed by atoms with Crippen LogP contribution >= 0.6 is 7.82 Å². The van der Waals surface area contributed by atoms with Crippen molar-refractivity contribution in [3.8, 4) is 0 Å². The van der Waals surface area contributed by atoms with Crippen LogP contribution in [-0.2, 0) is 13.0 Å². The van der Waals surface area contributed by atoms with Crippen molar-refractivity contribution in [3.05, 3.63) is 364 Å². The molecule has 392 valence electrons. The molecule has 0 aromatic heterocycles. The molecular formula is C72H60O4PSb3. The van der Waals surface area contributed by atoms with E-state index in [1.165, 1.54) is 0 Å². The van der Waals surface area contributed by atoms with Gasteiger partial charge in [-0.1, -0.05) is 0 Å². The van der Waals surface area contributed by atoms with E-state index < -0.39 is 61.3 Å². The van der Waals surface area contributed by atoms with Crippen LogP contribution in [-0.4, -0.2) is 53.5 Å². The van der Waals surface area contributed by atoms with Gasteiger partial charge in [-0.15, -0.1) is 0 Å². The van der Waals surface area contributed by atoms with E-state index in [4.69, 9.17) is 8.41 Å². The zero-order chi connectivity index (χ0) is 54.3. The molecule has 0 radical (unpaired) electrons. The Bertz CT molecular complexity index is 3080. The van der Waals surface area contributed by atoms with Crippen LogP contribution in [0.25, 0.3) is 0 Å². The van der Waals surface area contributed by atoms with Gasteiger partial charge in [0, 0.05) is 0 Å². The van der Waals surface area contributed by atoms with Gasteiger partial charge in [-0.2, -0.15) is 0 Å². The van der Waals surface area contributed by atoms with Crippen molar-refractivity contribution in [3.63, 3.8) is 0 Å². The topological polar surface area (TPSA) is 44.8 Å². The maximum atomic E-state index is 20.2. The van der Waals surface area contributed by atoms with Crippen LogP contribution in [0.5, 0.6) is 0 Å². The minimum atomic E-state index is -6.53. The molecule has 0 aliphatic rings. The van der Waals surface area contributed by atoms with Crippen LogP contribution < -0.4 is 42.1 Å². The van der Waals surface area contributed by atoms with E-state index in [2.05, 4.69) is 291 Å². The minimum absolute atomic E-state index is 0.886. The summed E-state index contributed by atoms with van der Waals surface area (Å²) in [7, 11) is -5.50. The summed E-state index contributed by atoms with van der Waals surface area (Å²) in [5.74, 6) is 0. The van der Waals surface area contributed by atoms with Crippen molar-refractivity contribution >= 4 is 103 Å². The number of phosphoric acid groups is 1. The van der Waals surface area contributed by atoms with Gasteiger partial charge in [0.15, 0.2) is 0 Å². The summed E-state index contributed by atoms with van der Waals surface area (Å²) >= 11 is -19.6. The van der Waals surface area contributed by atoms with Gasteiger partial charge in [-0.25, -0.2) is 0 Å². The fraction of sp³-hybridized carbons (Fsp3) is 0. The molecule has 0 aliphatic heterocycles. The third-order valence-corrected chi connectivity index (χ3v) is 74.8. The molecule has 12 aromatic rings. The van der Waals surface area contributed by atoms with Crippen molar-refractivity contribution in [1.29, 1.82) is 0 Å². The second kappa shape index (κ2) is 22.3. The first-order valence-corrected chi connectivity index (χ1v) is 46.8. The van der Waals surface area contributed by atoms with Gasteiger partial charge in [-0.05, 0) is 0 Å². The summed E-state index contributed by atoms with van der Waals surface area (Å²) < 4.78 is 58.2. The molecule has 0 amide bonds. The fourth-order valence-electron chi connectivity index (χ4n) is 12.4. The Labute approximate surface area is 475 Å². The molecule has 0 saturated carbocycles. The summed E-state index contributed by atoms with van der Waals surface area (Å²) in [5, 5.41) is 0. The first kappa shape index (κ1) is 53.8. The van der Waals surface area contributed by atoms with Gasteiger partial charge in [0.05, 0.1) is 0 Å². The zero-order valence-corrected chi connectivity index (χ0v) is 52.6. The Balaban J connectivity index is 1.39. The molecule has 0 unspecified atom stereocenters. The van der Waals surface area contributed by atoms with E-state index in [9.17, 15) is 0 Å². The summed E-state index contributed by atoms with van der Waals surface area (Å²) in [6.07, 6.45) is 0. The van der Waals surface area contributed by atoms with Gasteiger partial charge in [0.2, 0.25) is 0 Å². The monoisotopic (exact) mass is 1380 g/mol.